The summed E-state index contributed by atoms with van der Waals surface area (Å²) in [5, 5.41) is 9.64. The van der Waals surface area contributed by atoms with E-state index in [9.17, 15) is 14.7 Å². The summed E-state index contributed by atoms with van der Waals surface area (Å²) in [6.45, 7) is 1.34. The average molecular weight is 198 g/mol. The molecule has 14 heavy (non-hydrogen) atoms. The van der Waals surface area contributed by atoms with Crippen LogP contribution in [-0.4, -0.2) is 28.6 Å². The molecule has 0 spiro atoms. The van der Waals surface area contributed by atoms with E-state index in [1.54, 1.807) is 0 Å². The van der Waals surface area contributed by atoms with Crippen molar-refractivity contribution in [3.8, 4) is 0 Å². The van der Waals surface area contributed by atoms with Gasteiger partial charge in [-0.15, -0.1) is 0 Å². The molecule has 1 N–H and O–H groups in total. The number of esters is 1. The zero-order valence-corrected chi connectivity index (χ0v) is 8.16. The molecule has 0 aromatic carbocycles. The van der Waals surface area contributed by atoms with Crippen LogP contribution >= 0.6 is 0 Å². The first-order chi connectivity index (χ1) is 6.52. The lowest BCUT2D eigenvalue weighted by Crippen LogP contribution is -2.54. The molecule has 0 aromatic heterocycles. The van der Waals surface area contributed by atoms with Gasteiger partial charge in [0.2, 0.25) is 0 Å². The minimum absolute atomic E-state index is 0.0382. The lowest BCUT2D eigenvalue weighted by molar-refractivity contribution is -0.181. The van der Waals surface area contributed by atoms with E-state index >= 15 is 0 Å². The Bertz CT molecular complexity index is 282. The molecular formula is C10H14O4. The molecular weight excluding hydrogens is 184 g/mol. The Hall–Kier alpha value is -0.900. The molecule has 3 rings (SSSR count). The summed E-state index contributed by atoms with van der Waals surface area (Å²) < 4.78 is 5.19. The van der Waals surface area contributed by atoms with E-state index in [0.29, 0.717) is 19.3 Å². The standard InChI is InChI=1S/C10H14O4/c1-6(11)14-10-3-2-7(8(12)4-10)9(13)5-10/h7-8,12H,2-5H2,1H3. The van der Waals surface area contributed by atoms with Crippen LogP contribution in [0.5, 0.6) is 0 Å². The molecule has 3 fully saturated rings. The Labute approximate surface area is 82.2 Å². The Morgan fingerprint density at radius 2 is 2.36 bits per heavy atom. The van der Waals surface area contributed by atoms with Crippen LogP contribution in [0, 0.1) is 5.92 Å². The number of carbonyl (C=O) groups is 2. The molecule has 0 radical (unpaired) electrons. The van der Waals surface area contributed by atoms with Crippen molar-refractivity contribution in [2.75, 3.05) is 0 Å². The second-order valence-corrected chi connectivity index (χ2v) is 4.34. The summed E-state index contributed by atoms with van der Waals surface area (Å²) in [7, 11) is 0. The number of fused-ring (bicyclic) bond motifs is 3. The van der Waals surface area contributed by atoms with Gasteiger partial charge in [0.05, 0.1) is 6.10 Å². The van der Waals surface area contributed by atoms with Crippen LogP contribution in [0.15, 0.2) is 0 Å². The molecule has 3 aliphatic rings. The number of carbonyl (C=O) groups excluding carboxylic acids is 2. The SMILES string of the molecule is CC(=O)OC12CCC(C(=O)C1)C(O)C2. The maximum absolute atomic E-state index is 11.5. The van der Waals surface area contributed by atoms with Gasteiger partial charge in [0.25, 0.3) is 0 Å². The maximum atomic E-state index is 11.5. The van der Waals surface area contributed by atoms with Crippen molar-refractivity contribution in [3.05, 3.63) is 0 Å². The summed E-state index contributed by atoms with van der Waals surface area (Å²) in [5.41, 5.74) is -0.697. The van der Waals surface area contributed by atoms with Crippen molar-refractivity contribution in [2.24, 2.45) is 5.92 Å². The number of ether oxygens (including phenoxy) is 1. The number of Topliss-reactive ketones (excluding diaryl/α,β-unsaturated/α-hetero) is 1. The first kappa shape index (κ1) is 9.65. The summed E-state index contributed by atoms with van der Waals surface area (Å²) >= 11 is 0. The first-order valence-electron chi connectivity index (χ1n) is 4.93. The van der Waals surface area contributed by atoms with Gasteiger partial charge in [-0.1, -0.05) is 0 Å². The minimum atomic E-state index is -0.697. The smallest absolute Gasteiger partial charge is 0.303 e. The van der Waals surface area contributed by atoms with Crippen LogP contribution in [0.4, 0.5) is 0 Å². The predicted octanol–water partition coefficient (Wildman–Crippen LogP) is 0.422. The van der Waals surface area contributed by atoms with Crippen LogP contribution in [0.3, 0.4) is 0 Å². The zero-order valence-electron chi connectivity index (χ0n) is 8.16. The van der Waals surface area contributed by atoms with Crippen LogP contribution < -0.4 is 0 Å². The second kappa shape index (κ2) is 3.05. The van der Waals surface area contributed by atoms with Crippen LogP contribution in [0.25, 0.3) is 0 Å². The van der Waals surface area contributed by atoms with E-state index in [4.69, 9.17) is 4.74 Å². The van der Waals surface area contributed by atoms with E-state index in [1.165, 1.54) is 6.92 Å². The highest BCUT2D eigenvalue weighted by Crippen LogP contribution is 2.44. The lowest BCUT2D eigenvalue weighted by atomic mass is 9.65. The van der Waals surface area contributed by atoms with Gasteiger partial charge in [0.15, 0.2) is 0 Å². The fourth-order valence-corrected chi connectivity index (χ4v) is 2.65. The number of hydrogen-bond acceptors (Lipinski definition) is 4. The quantitative estimate of drug-likeness (QED) is 0.620. The highest BCUT2D eigenvalue weighted by molar-refractivity contribution is 5.85. The molecule has 0 aromatic rings. The molecule has 4 heteroatoms. The van der Waals surface area contributed by atoms with Gasteiger partial charge in [0, 0.05) is 25.7 Å². The van der Waals surface area contributed by atoms with Gasteiger partial charge in [-0.25, -0.2) is 0 Å². The number of ketones is 1. The van der Waals surface area contributed by atoms with Gasteiger partial charge in [0.1, 0.15) is 11.4 Å². The van der Waals surface area contributed by atoms with Crippen molar-refractivity contribution < 1.29 is 19.4 Å². The van der Waals surface area contributed by atoms with E-state index < -0.39 is 11.7 Å². The van der Waals surface area contributed by atoms with Crippen molar-refractivity contribution in [1.82, 2.24) is 0 Å². The van der Waals surface area contributed by atoms with Gasteiger partial charge >= 0.3 is 5.97 Å². The third kappa shape index (κ3) is 1.43. The second-order valence-electron chi connectivity index (χ2n) is 4.34. The number of rotatable bonds is 1. The molecule has 2 bridgehead atoms. The molecule has 3 unspecified atom stereocenters. The van der Waals surface area contributed by atoms with Gasteiger partial charge in [-0.2, -0.15) is 0 Å². The van der Waals surface area contributed by atoms with E-state index in [2.05, 4.69) is 0 Å². The Balaban J connectivity index is 2.19. The summed E-state index contributed by atoms with van der Waals surface area (Å²) in [4.78, 5) is 22.4. The molecule has 3 saturated carbocycles. The third-order valence-corrected chi connectivity index (χ3v) is 3.23. The first-order valence-corrected chi connectivity index (χ1v) is 4.93. The molecule has 0 amide bonds. The van der Waals surface area contributed by atoms with Crippen LogP contribution in [0.2, 0.25) is 0 Å². The number of aliphatic hydroxyl groups is 1. The van der Waals surface area contributed by atoms with E-state index in [-0.39, 0.29) is 24.1 Å². The highest BCUT2D eigenvalue weighted by Gasteiger charge is 2.52. The Kier molecular flexibility index (Phi) is 2.10. The highest BCUT2D eigenvalue weighted by atomic mass is 16.6. The average Bonchev–Trinajstić information content (AvgIpc) is 2.00. The van der Waals surface area contributed by atoms with Gasteiger partial charge < -0.3 is 9.84 Å². The summed E-state index contributed by atoms with van der Waals surface area (Å²) in [5.74, 6) is -0.547. The van der Waals surface area contributed by atoms with Crippen molar-refractivity contribution in [3.63, 3.8) is 0 Å². The van der Waals surface area contributed by atoms with Crippen molar-refractivity contribution >= 4 is 11.8 Å². The molecule has 78 valence electrons. The predicted molar refractivity (Wildman–Crippen MR) is 47.5 cm³/mol. The fourth-order valence-electron chi connectivity index (χ4n) is 2.65. The molecule has 3 aliphatic carbocycles. The lowest BCUT2D eigenvalue weighted by Gasteiger charge is -2.46. The van der Waals surface area contributed by atoms with Crippen LogP contribution in [-0.2, 0) is 14.3 Å². The largest absolute Gasteiger partial charge is 0.459 e. The Morgan fingerprint density at radius 1 is 1.64 bits per heavy atom. The van der Waals surface area contributed by atoms with E-state index in [1.807, 2.05) is 0 Å². The Morgan fingerprint density at radius 3 is 2.86 bits per heavy atom. The molecule has 0 heterocycles. The zero-order chi connectivity index (χ0) is 10.3. The summed E-state index contributed by atoms with van der Waals surface area (Å²) in [6, 6.07) is 0. The van der Waals surface area contributed by atoms with Crippen molar-refractivity contribution in [1.29, 1.82) is 0 Å². The number of hydrogen-bond donors (Lipinski definition) is 1. The summed E-state index contributed by atoms with van der Waals surface area (Å²) in [6.07, 6.45) is 1.44. The fraction of sp³-hybridized carbons (Fsp3) is 0.800. The molecule has 0 aliphatic heterocycles. The third-order valence-electron chi connectivity index (χ3n) is 3.23. The topological polar surface area (TPSA) is 63.6 Å². The number of aliphatic hydroxyl groups excluding tert-OH is 1. The van der Waals surface area contributed by atoms with Gasteiger partial charge in [-0.05, 0) is 12.8 Å². The minimum Gasteiger partial charge on any atom is -0.459 e. The monoisotopic (exact) mass is 198 g/mol. The molecule has 0 saturated heterocycles. The van der Waals surface area contributed by atoms with Crippen LogP contribution in [0.1, 0.15) is 32.6 Å². The van der Waals surface area contributed by atoms with Gasteiger partial charge in [-0.3, -0.25) is 9.59 Å². The molecule has 4 nitrogen and oxygen atoms in total. The molecule has 3 atom stereocenters. The van der Waals surface area contributed by atoms with Crippen molar-refractivity contribution in [2.45, 2.75) is 44.3 Å². The van der Waals surface area contributed by atoms with E-state index in [0.717, 1.165) is 0 Å². The normalized spacial score (nSPS) is 41.1. The maximum Gasteiger partial charge on any atom is 0.303 e.